The normalized spacial score (nSPS) is 11.0. The Morgan fingerprint density at radius 2 is 2.05 bits per heavy atom. The lowest BCUT2D eigenvalue weighted by molar-refractivity contribution is -0.140. The summed E-state index contributed by atoms with van der Waals surface area (Å²) in [6, 6.07) is 2.00. The third-order valence-corrected chi connectivity index (χ3v) is 3.56. The SMILES string of the molecule is CC(C)N(CC(=O)O)CC(=O)N(C)Cc1ccsc1. The van der Waals surface area contributed by atoms with Crippen LogP contribution in [0.3, 0.4) is 0 Å². The van der Waals surface area contributed by atoms with Gasteiger partial charge in [-0.2, -0.15) is 11.3 Å². The van der Waals surface area contributed by atoms with Crippen molar-refractivity contribution in [3.8, 4) is 0 Å². The molecular weight excluding hydrogens is 264 g/mol. The fourth-order valence-electron chi connectivity index (χ4n) is 1.63. The van der Waals surface area contributed by atoms with E-state index in [1.165, 1.54) is 0 Å². The third kappa shape index (κ3) is 5.40. The molecule has 0 saturated heterocycles. The van der Waals surface area contributed by atoms with Gasteiger partial charge in [-0.25, -0.2) is 0 Å². The van der Waals surface area contributed by atoms with Gasteiger partial charge in [-0.1, -0.05) is 0 Å². The first-order chi connectivity index (χ1) is 8.90. The van der Waals surface area contributed by atoms with Crippen LogP contribution in [0.25, 0.3) is 0 Å². The molecule has 0 fully saturated rings. The van der Waals surface area contributed by atoms with Crippen molar-refractivity contribution < 1.29 is 14.7 Å². The molecule has 5 nitrogen and oxygen atoms in total. The number of aliphatic carboxylic acids is 1. The van der Waals surface area contributed by atoms with Crippen molar-refractivity contribution >= 4 is 23.2 Å². The molecule has 0 atom stereocenters. The fourth-order valence-corrected chi connectivity index (χ4v) is 2.29. The van der Waals surface area contributed by atoms with E-state index < -0.39 is 5.97 Å². The Kier molecular flexibility index (Phi) is 5.98. The molecule has 19 heavy (non-hydrogen) atoms. The molecule has 1 amide bonds. The van der Waals surface area contributed by atoms with Crippen molar-refractivity contribution in [1.82, 2.24) is 9.80 Å². The Morgan fingerprint density at radius 3 is 2.53 bits per heavy atom. The van der Waals surface area contributed by atoms with Gasteiger partial charge < -0.3 is 10.0 Å². The van der Waals surface area contributed by atoms with Gasteiger partial charge in [-0.15, -0.1) is 0 Å². The number of carboxylic acid groups (broad SMARTS) is 1. The molecule has 0 aliphatic carbocycles. The fraction of sp³-hybridized carbons (Fsp3) is 0.538. The van der Waals surface area contributed by atoms with E-state index in [9.17, 15) is 9.59 Å². The zero-order valence-electron chi connectivity index (χ0n) is 11.5. The van der Waals surface area contributed by atoms with Crippen LogP contribution in [-0.4, -0.2) is 53.0 Å². The van der Waals surface area contributed by atoms with Crippen LogP contribution >= 0.6 is 11.3 Å². The molecule has 0 bridgehead atoms. The number of hydrogen-bond acceptors (Lipinski definition) is 4. The molecule has 0 spiro atoms. The summed E-state index contributed by atoms with van der Waals surface area (Å²) in [6.45, 7) is 4.34. The van der Waals surface area contributed by atoms with Crippen LogP contribution in [0.2, 0.25) is 0 Å². The summed E-state index contributed by atoms with van der Waals surface area (Å²) in [7, 11) is 1.74. The van der Waals surface area contributed by atoms with Gasteiger partial charge in [-0.05, 0) is 36.2 Å². The minimum Gasteiger partial charge on any atom is -0.480 e. The molecule has 1 aromatic heterocycles. The summed E-state index contributed by atoms with van der Waals surface area (Å²) in [4.78, 5) is 26.1. The van der Waals surface area contributed by atoms with Crippen LogP contribution < -0.4 is 0 Å². The first-order valence-corrected chi connectivity index (χ1v) is 7.05. The second kappa shape index (κ2) is 7.25. The van der Waals surface area contributed by atoms with Crippen LogP contribution in [0.5, 0.6) is 0 Å². The van der Waals surface area contributed by atoms with E-state index >= 15 is 0 Å². The quantitative estimate of drug-likeness (QED) is 0.824. The van der Waals surface area contributed by atoms with Crippen molar-refractivity contribution in [2.24, 2.45) is 0 Å². The minimum absolute atomic E-state index is 0.0228. The molecule has 1 N–H and O–H groups in total. The van der Waals surface area contributed by atoms with E-state index in [-0.39, 0.29) is 25.0 Å². The van der Waals surface area contributed by atoms with Crippen LogP contribution in [0, 0.1) is 0 Å². The molecule has 0 aliphatic rings. The Morgan fingerprint density at radius 1 is 1.37 bits per heavy atom. The van der Waals surface area contributed by atoms with E-state index in [1.54, 1.807) is 28.2 Å². The summed E-state index contributed by atoms with van der Waals surface area (Å²) < 4.78 is 0. The van der Waals surface area contributed by atoms with Gasteiger partial charge in [0.05, 0.1) is 13.1 Å². The van der Waals surface area contributed by atoms with Crippen molar-refractivity contribution in [3.63, 3.8) is 0 Å². The lowest BCUT2D eigenvalue weighted by atomic mass is 10.3. The highest BCUT2D eigenvalue weighted by molar-refractivity contribution is 7.07. The molecular formula is C13H20N2O3S. The summed E-state index contributed by atoms with van der Waals surface area (Å²) in [5, 5.41) is 12.8. The Hall–Kier alpha value is -1.40. The number of rotatable bonds is 7. The van der Waals surface area contributed by atoms with Crippen molar-refractivity contribution in [3.05, 3.63) is 22.4 Å². The van der Waals surface area contributed by atoms with E-state index in [1.807, 2.05) is 30.7 Å². The van der Waals surface area contributed by atoms with E-state index in [0.29, 0.717) is 6.54 Å². The molecule has 0 unspecified atom stereocenters. The number of hydrogen-bond donors (Lipinski definition) is 1. The van der Waals surface area contributed by atoms with Crippen molar-refractivity contribution in [2.75, 3.05) is 20.1 Å². The Balaban J connectivity index is 2.53. The lowest BCUT2D eigenvalue weighted by Crippen LogP contribution is -2.43. The molecule has 1 rings (SSSR count). The molecule has 1 aromatic rings. The summed E-state index contributed by atoms with van der Waals surface area (Å²) >= 11 is 1.59. The second-order valence-corrected chi connectivity index (χ2v) is 5.55. The van der Waals surface area contributed by atoms with Crippen LogP contribution in [0.15, 0.2) is 16.8 Å². The van der Waals surface area contributed by atoms with Crippen LogP contribution in [-0.2, 0) is 16.1 Å². The number of thiophene rings is 1. The highest BCUT2D eigenvalue weighted by Gasteiger charge is 2.19. The van der Waals surface area contributed by atoms with E-state index in [4.69, 9.17) is 5.11 Å². The Bertz CT molecular complexity index is 418. The van der Waals surface area contributed by atoms with Crippen molar-refractivity contribution in [2.45, 2.75) is 26.4 Å². The van der Waals surface area contributed by atoms with Gasteiger partial charge in [0.2, 0.25) is 5.91 Å². The summed E-state index contributed by atoms with van der Waals surface area (Å²) in [6.07, 6.45) is 0. The highest BCUT2D eigenvalue weighted by atomic mass is 32.1. The zero-order valence-corrected chi connectivity index (χ0v) is 12.3. The van der Waals surface area contributed by atoms with Crippen molar-refractivity contribution in [1.29, 1.82) is 0 Å². The average molecular weight is 284 g/mol. The molecule has 0 aliphatic heterocycles. The monoisotopic (exact) mass is 284 g/mol. The van der Waals surface area contributed by atoms with E-state index in [0.717, 1.165) is 5.56 Å². The first kappa shape index (κ1) is 15.7. The van der Waals surface area contributed by atoms with Gasteiger partial charge in [0.1, 0.15) is 0 Å². The number of amides is 1. The maximum absolute atomic E-state index is 12.1. The Labute approximate surface area is 117 Å². The van der Waals surface area contributed by atoms with Crippen LogP contribution in [0.1, 0.15) is 19.4 Å². The van der Waals surface area contributed by atoms with Crippen LogP contribution in [0.4, 0.5) is 0 Å². The summed E-state index contributed by atoms with van der Waals surface area (Å²) in [5.74, 6) is -0.983. The maximum atomic E-state index is 12.1. The topological polar surface area (TPSA) is 60.9 Å². The minimum atomic E-state index is -0.915. The molecule has 0 saturated carbocycles. The predicted octanol–water partition coefficient (Wildman–Crippen LogP) is 1.50. The zero-order chi connectivity index (χ0) is 14.4. The number of carbonyl (C=O) groups excluding carboxylic acids is 1. The molecule has 0 aromatic carbocycles. The van der Waals surface area contributed by atoms with Gasteiger partial charge in [-0.3, -0.25) is 14.5 Å². The first-order valence-electron chi connectivity index (χ1n) is 6.11. The van der Waals surface area contributed by atoms with Gasteiger partial charge in [0, 0.05) is 19.6 Å². The number of carbonyl (C=O) groups is 2. The lowest BCUT2D eigenvalue weighted by Gasteiger charge is -2.26. The molecule has 0 radical (unpaired) electrons. The third-order valence-electron chi connectivity index (χ3n) is 2.83. The number of likely N-dealkylation sites (N-methyl/N-ethyl adjacent to an activating group) is 1. The number of nitrogens with zero attached hydrogens (tertiary/aromatic N) is 2. The van der Waals surface area contributed by atoms with Gasteiger partial charge >= 0.3 is 5.97 Å². The van der Waals surface area contributed by atoms with Gasteiger partial charge in [0.15, 0.2) is 0 Å². The number of carboxylic acids is 1. The van der Waals surface area contributed by atoms with E-state index in [2.05, 4.69) is 0 Å². The molecule has 1 heterocycles. The molecule has 6 heteroatoms. The predicted molar refractivity (Wildman–Crippen MR) is 75.1 cm³/mol. The summed E-state index contributed by atoms with van der Waals surface area (Å²) in [5.41, 5.74) is 1.09. The maximum Gasteiger partial charge on any atom is 0.317 e. The largest absolute Gasteiger partial charge is 0.480 e. The van der Waals surface area contributed by atoms with Gasteiger partial charge in [0.25, 0.3) is 0 Å². The average Bonchev–Trinajstić information content (AvgIpc) is 2.79. The standard InChI is InChI=1S/C13H20N2O3S/c1-10(2)15(8-13(17)18)7-12(16)14(3)6-11-4-5-19-9-11/h4-5,9-10H,6-8H2,1-3H3,(H,17,18). The smallest absolute Gasteiger partial charge is 0.317 e. The molecule has 106 valence electrons. The second-order valence-electron chi connectivity index (χ2n) is 4.77. The highest BCUT2D eigenvalue weighted by Crippen LogP contribution is 2.09.